The Kier molecular flexibility index (Phi) is 1.93. The van der Waals surface area contributed by atoms with Crippen LogP contribution in [0.1, 0.15) is 12.8 Å². The zero-order valence-corrected chi connectivity index (χ0v) is 7.14. The predicted molar refractivity (Wildman–Crippen MR) is 45.1 cm³/mol. The van der Waals surface area contributed by atoms with E-state index in [1.54, 1.807) is 6.07 Å². The van der Waals surface area contributed by atoms with Gasteiger partial charge < -0.3 is 4.74 Å². The fraction of sp³-hybridized carbons (Fsp3) is 0.333. The summed E-state index contributed by atoms with van der Waals surface area (Å²) in [7, 11) is 0. The Morgan fingerprint density at radius 1 is 1.42 bits per heavy atom. The molecule has 1 fully saturated rings. The fourth-order valence-corrected chi connectivity index (χ4v) is 1.15. The normalized spacial score (nSPS) is 16.2. The Labute approximate surface area is 75.1 Å². The van der Waals surface area contributed by atoms with Crippen LogP contribution >= 0.6 is 11.6 Å². The molecular weight excluding hydrogens is 179 g/mol. The minimum Gasteiger partial charge on any atom is -0.489 e. The van der Waals surface area contributed by atoms with E-state index >= 15 is 0 Å². The second kappa shape index (κ2) is 2.94. The van der Waals surface area contributed by atoms with Gasteiger partial charge in [0.2, 0.25) is 0 Å². The van der Waals surface area contributed by atoms with Crippen molar-refractivity contribution in [1.82, 2.24) is 0 Å². The molecule has 0 atom stereocenters. The maximum Gasteiger partial charge on any atom is 0.138 e. The lowest BCUT2D eigenvalue weighted by atomic mass is 10.3. The van der Waals surface area contributed by atoms with E-state index < -0.39 is 0 Å². The van der Waals surface area contributed by atoms with Crippen molar-refractivity contribution < 1.29 is 9.13 Å². The molecule has 3 heteroatoms. The van der Waals surface area contributed by atoms with Gasteiger partial charge in [-0.15, -0.1) is 0 Å². The molecule has 1 aliphatic rings. The molecule has 1 saturated carbocycles. The molecule has 1 aromatic carbocycles. The molecule has 1 aliphatic carbocycles. The standard InChI is InChI=1S/C9H8ClFO/c10-8-5-6(11)1-4-9(8)12-7-2-3-7/h1,4-5,7H,2-3H2. The Hall–Kier alpha value is -0.760. The zero-order valence-electron chi connectivity index (χ0n) is 6.39. The molecule has 1 aromatic rings. The molecular formula is C9H8ClFO. The minimum atomic E-state index is -0.330. The molecule has 0 amide bonds. The van der Waals surface area contributed by atoms with Crippen LogP contribution in [-0.4, -0.2) is 6.10 Å². The largest absolute Gasteiger partial charge is 0.489 e. The molecule has 0 unspecified atom stereocenters. The van der Waals surface area contributed by atoms with Gasteiger partial charge in [0.15, 0.2) is 0 Å². The fourth-order valence-electron chi connectivity index (χ4n) is 0.936. The van der Waals surface area contributed by atoms with Gasteiger partial charge in [0.05, 0.1) is 11.1 Å². The lowest BCUT2D eigenvalue weighted by Crippen LogP contribution is -1.96. The topological polar surface area (TPSA) is 9.23 Å². The SMILES string of the molecule is Fc1ccc(OC2CC2)c(Cl)c1. The second-order valence-electron chi connectivity index (χ2n) is 2.89. The molecule has 0 saturated heterocycles. The zero-order chi connectivity index (χ0) is 8.55. The first-order valence-corrected chi connectivity index (χ1v) is 4.25. The summed E-state index contributed by atoms with van der Waals surface area (Å²) in [6.07, 6.45) is 2.45. The first kappa shape index (κ1) is 7.87. The average Bonchev–Trinajstić information content (AvgIpc) is 2.79. The Bertz CT molecular complexity index is 297. The molecule has 0 spiro atoms. The van der Waals surface area contributed by atoms with Crippen molar-refractivity contribution in [1.29, 1.82) is 0 Å². The molecule has 1 nitrogen and oxygen atoms in total. The number of halogens is 2. The summed E-state index contributed by atoms with van der Waals surface area (Å²) in [5, 5.41) is 0.349. The van der Waals surface area contributed by atoms with E-state index in [0.717, 1.165) is 12.8 Å². The number of hydrogen-bond donors (Lipinski definition) is 0. The van der Waals surface area contributed by atoms with Gasteiger partial charge in [0.25, 0.3) is 0 Å². The molecule has 2 rings (SSSR count). The molecule has 0 radical (unpaired) electrons. The Balaban J connectivity index is 2.18. The van der Waals surface area contributed by atoms with Crippen molar-refractivity contribution in [3.05, 3.63) is 29.0 Å². The van der Waals surface area contributed by atoms with E-state index in [0.29, 0.717) is 16.9 Å². The number of rotatable bonds is 2. The first-order chi connectivity index (χ1) is 5.75. The maximum absolute atomic E-state index is 12.6. The number of ether oxygens (including phenoxy) is 1. The van der Waals surface area contributed by atoms with Gasteiger partial charge in [-0.05, 0) is 31.0 Å². The molecule has 0 N–H and O–H groups in total. The summed E-state index contributed by atoms with van der Waals surface area (Å²) >= 11 is 5.74. The Morgan fingerprint density at radius 3 is 2.75 bits per heavy atom. The highest BCUT2D eigenvalue weighted by molar-refractivity contribution is 6.32. The minimum absolute atomic E-state index is 0.299. The summed E-state index contributed by atoms with van der Waals surface area (Å²) in [4.78, 5) is 0. The van der Waals surface area contributed by atoms with Crippen LogP contribution in [0.4, 0.5) is 4.39 Å². The summed E-state index contributed by atoms with van der Waals surface area (Å²) in [6.45, 7) is 0. The van der Waals surface area contributed by atoms with Gasteiger partial charge in [-0.3, -0.25) is 0 Å². The van der Waals surface area contributed by atoms with Crippen LogP contribution in [0.25, 0.3) is 0 Å². The molecule has 12 heavy (non-hydrogen) atoms. The molecule has 0 aromatic heterocycles. The van der Waals surface area contributed by atoms with Gasteiger partial charge in [0, 0.05) is 0 Å². The average molecular weight is 187 g/mol. The van der Waals surface area contributed by atoms with Crippen LogP contribution in [0, 0.1) is 5.82 Å². The van der Waals surface area contributed by atoms with Gasteiger partial charge in [-0.25, -0.2) is 4.39 Å². The highest BCUT2D eigenvalue weighted by Gasteiger charge is 2.24. The number of benzene rings is 1. The van der Waals surface area contributed by atoms with Crippen LogP contribution in [0.15, 0.2) is 18.2 Å². The van der Waals surface area contributed by atoms with Gasteiger partial charge in [-0.2, -0.15) is 0 Å². The third-order valence-corrected chi connectivity index (χ3v) is 2.01. The highest BCUT2D eigenvalue weighted by Crippen LogP contribution is 2.31. The quantitative estimate of drug-likeness (QED) is 0.690. The van der Waals surface area contributed by atoms with Crippen LogP contribution in [0.2, 0.25) is 5.02 Å². The van der Waals surface area contributed by atoms with Crippen LogP contribution in [0.3, 0.4) is 0 Å². The van der Waals surface area contributed by atoms with Crippen LogP contribution < -0.4 is 4.74 Å². The van der Waals surface area contributed by atoms with Crippen molar-refractivity contribution in [3.8, 4) is 5.75 Å². The van der Waals surface area contributed by atoms with E-state index in [1.165, 1.54) is 12.1 Å². The molecule has 0 aliphatic heterocycles. The third kappa shape index (κ3) is 1.69. The van der Waals surface area contributed by atoms with Gasteiger partial charge in [-0.1, -0.05) is 11.6 Å². The van der Waals surface area contributed by atoms with Crippen LogP contribution in [-0.2, 0) is 0 Å². The summed E-state index contributed by atoms with van der Waals surface area (Å²) in [5.41, 5.74) is 0. The maximum atomic E-state index is 12.6. The van der Waals surface area contributed by atoms with E-state index in [4.69, 9.17) is 16.3 Å². The van der Waals surface area contributed by atoms with Crippen LogP contribution in [0.5, 0.6) is 5.75 Å². The molecule has 64 valence electrons. The van der Waals surface area contributed by atoms with E-state index in [-0.39, 0.29) is 5.82 Å². The number of hydrogen-bond acceptors (Lipinski definition) is 1. The lowest BCUT2D eigenvalue weighted by Gasteiger charge is -2.05. The van der Waals surface area contributed by atoms with E-state index in [2.05, 4.69) is 0 Å². The van der Waals surface area contributed by atoms with Crippen molar-refractivity contribution in [2.45, 2.75) is 18.9 Å². The highest BCUT2D eigenvalue weighted by atomic mass is 35.5. The molecule has 0 bridgehead atoms. The summed E-state index contributed by atoms with van der Waals surface area (Å²) in [5.74, 6) is 0.253. The van der Waals surface area contributed by atoms with Crippen molar-refractivity contribution in [3.63, 3.8) is 0 Å². The second-order valence-corrected chi connectivity index (χ2v) is 3.30. The van der Waals surface area contributed by atoms with E-state index in [1.807, 2.05) is 0 Å². The summed E-state index contributed by atoms with van der Waals surface area (Å²) in [6, 6.07) is 4.18. The van der Waals surface area contributed by atoms with Gasteiger partial charge >= 0.3 is 0 Å². The summed E-state index contributed by atoms with van der Waals surface area (Å²) < 4.78 is 18.0. The predicted octanol–water partition coefficient (Wildman–Crippen LogP) is 3.02. The van der Waals surface area contributed by atoms with Crippen molar-refractivity contribution >= 4 is 11.6 Å². The van der Waals surface area contributed by atoms with E-state index in [9.17, 15) is 4.39 Å². The smallest absolute Gasteiger partial charge is 0.138 e. The van der Waals surface area contributed by atoms with Crippen molar-refractivity contribution in [2.75, 3.05) is 0 Å². The monoisotopic (exact) mass is 186 g/mol. The molecule has 0 heterocycles. The Morgan fingerprint density at radius 2 is 2.17 bits per heavy atom. The van der Waals surface area contributed by atoms with Crippen molar-refractivity contribution in [2.24, 2.45) is 0 Å². The van der Waals surface area contributed by atoms with Gasteiger partial charge in [0.1, 0.15) is 11.6 Å². The first-order valence-electron chi connectivity index (χ1n) is 3.87. The lowest BCUT2D eigenvalue weighted by molar-refractivity contribution is 0.303. The third-order valence-electron chi connectivity index (χ3n) is 1.71.